The summed E-state index contributed by atoms with van der Waals surface area (Å²) in [5, 5.41) is 23.0. The molecular weight excluding hydrogens is 280 g/mol. The Morgan fingerprint density at radius 1 is 1.55 bits per heavy atom. The summed E-state index contributed by atoms with van der Waals surface area (Å²) in [5.74, 6) is -1.09. The van der Waals surface area contributed by atoms with E-state index in [1.165, 1.54) is 24.6 Å². The van der Waals surface area contributed by atoms with Crippen LogP contribution in [0.5, 0.6) is 0 Å². The minimum absolute atomic E-state index is 0.0613. The van der Waals surface area contributed by atoms with Crippen molar-refractivity contribution < 1.29 is 14.8 Å². The molecule has 0 spiro atoms. The molecule has 0 amide bonds. The summed E-state index contributed by atoms with van der Waals surface area (Å²) in [6.07, 6.45) is 5.37. The van der Waals surface area contributed by atoms with Crippen molar-refractivity contribution >= 4 is 29.1 Å². The first kappa shape index (κ1) is 14.6. The number of carboxylic acid groups (broad SMARTS) is 1. The molecule has 0 atom stereocenters. The highest BCUT2D eigenvalue weighted by Gasteiger charge is 2.36. The summed E-state index contributed by atoms with van der Waals surface area (Å²) in [5.41, 5.74) is 0.266. The molecule has 2 rings (SSSR count). The van der Waals surface area contributed by atoms with Gasteiger partial charge in [0.2, 0.25) is 0 Å². The van der Waals surface area contributed by atoms with E-state index in [9.17, 15) is 14.9 Å². The SMILES string of the molecule is CSC1(CNc2cc([N+](=O)[O-])ccc2C(=O)O)CCC1. The molecular formula is C13H16N2O4S. The Balaban J connectivity index is 2.21. The van der Waals surface area contributed by atoms with Crippen LogP contribution in [0.1, 0.15) is 29.6 Å². The summed E-state index contributed by atoms with van der Waals surface area (Å²) in [6.45, 7) is 0.621. The van der Waals surface area contributed by atoms with Gasteiger partial charge in [0.15, 0.2) is 0 Å². The molecule has 0 bridgehead atoms. The van der Waals surface area contributed by atoms with Crippen LogP contribution in [-0.2, 0) is 0 Å². The monoisotopic (exact) mass is 296 g/mol. The van der Waals surface area contributed by atoms with Crippen molar-refractivity contribution in [2.75, 3.05) is 18.1 Å². The first-order valence-electron chi connectivity index (χ1n) is 6.28. The minimum Gasteiger partial charge on any atom is -0.478 e. The van der Waals surface area contributed by atoms with Crippen molar-refractivity contribution in [1.29, 1.82) is 0 Å². The fourth-order valence-electron chi connectivity index (χ4n) is 2.26. The van der Waals surface area contributed by atoms with Gasteiger partial charge in [0, 0.05) is 23.4 Å². The standard InChI is InChI=1S/C13H16N2O4S/c1-20-13(5-2-6-13)8-14-11-7-9(15(18)19)3-4-10(11)12(16)17/h3-4,7,14H,2,5-6,8H2,1H3,(H,16,17). The molecule has 1 aliphatic carbocycles. The van der Waals surface area contributed by atoms with Crippen molar-refractivity contribution in [3.05, 3.63) is 33.9 Å². The summed E-state index contributed by atoms with van der Waals surface area (Å²) >= 11 is 1.76. The Bertz CT molecular complexity index is 538. The molecule has 20 heavy (non-hydrogen) atoms. The highest BCUT2D eigenvalue weighted by molar-refractivity contribution is 8.00. The van der Waals surface area contributed by atoms with E-state index in [0.717, 1.165) is 12.8 Å². The quantitative estimate of drug-likeness (QED) is 0.619. The molecule has 1 saturated carbocycles. The van der Waals surface area contributed by atoms with E-state index in [2.05, 4.69) is 5.32 Å². The third-order valence-electron chi connectivity index (χ3n) is 3.74. The maximum Gasteiger partial charge on any atom is 0.337 e. The van der Waals surface area contributed by atoms with Gasteiger partial charge < -0.3 is 10.4 Å². The zero-order valence-electron chi connectivity index (χ0n) is 11.1. The molecule has 1 aromatic carbocycles. The molecule has 108 valence electrons. The highest BCUT2D eigenvalue weighted by Crippen LogP contribution is 2.43. The third-order valence-corrected chi connectivity index (χ3v) is 5.16. The van der Waals surface area contributed by atoms with Crippen molar-refractivity contribution in [1.82, 2.24) is 0 Å². The number of thioether (sulfide) groups is 1. The number of aromatic carboxylic acids is 1. The van der Waals surface area contributed by atoms with Gasteiger partial charge in [-0.3, -0.25) is 10.1 Å². The molecule has 0 saturated heterocycles. The van der Waals surface area contributed by atoms with E-state index in [4.69, 9.17) is 5.11 Å². The topological polar surface area (TPSA) is 92.5 Å². The Morgan fingerprint density at radius 2 is 2.25 bits per heavy atom. The third kappa shape index (κ3) is 2.87. The Hall–Kier alpha value is -1.76. The molecule has 7 heteroatoms. The van der Waals surface area contributed by atoms with Gasteiger partial charge >= 0.3 is 5.97 Å². The lowest BCUT2D eigenvalue weighted by atomic mass is 9.84. The van der Waals surface area contributed by atoms with Crippen LogP contribution < -0.4 is 5.32 Å². The maximum atomic E-state index is 11.2. The predicted octanol–water partition coefficient (Wildman–Crippen LogP) is 2.99. The smallest absolute Gasteiger partial charge is 0.337 e. The first-order chi connectivity index (χ1) is 9.47. The van der Waals surface area contributed by atoms with Gasteiger partial charge in [-0.15, -0.1) is 0 Å². The lowest BCUT2D eigenvalue weighted by Gasteiger charge is -2.40. The molecule has 0 aliphatic heterocycles. The van der Waals surface area contributed by atoms with E-state index >= 15 is 0 Å². The van der Waals surface area contributed by atoms with Gasteiger partial charge in [-0.2, -0.15) is 11.8 Å². The normalized spacial score (nSPS) is 16.2. The van der Waals surface area contributed by atoms with Crippen LogP contribution >= 0.6 is 11.8 Å². The number of hydrogen-bond acceptors (Lipinski definition) is 5. The van der Waals surface area contributed by atoms with E-state index in [1.54, 1.807) is 11.8 Å². The zero-order valence-corrected chi connectivity index (χ0v) is 11.9. The fraction of sp³-hybridized carbons (Fsp3) is 0.462. The zero-order chi connectivity index (χ0) is 14.8. The minimum atomic E-state index is -1.09. The number of carbonyl (C=O) groups is 1. The number of rotatable bonds is 6. The van der Waals surface area contributed by atoms with Crippen molar-refractivity contribution in [3.8, 4) is 0 Å². The van der Waals surface area contributed by atoms with Crippen molar-refractivity contribution in [3.63, 3.8) is 0 Å². The summed E-state index contributed by atoms with van der Waals surface area (Å²) in [4.78, 5) is 21.4. The predicted molar refractivity (Wildman–Crippen MR) is 78.6 cm³/mol. The molecule has 0 unspecified atom stereocenters. The number of nitro groups is 1. The lowest BCUT2D eigenvalue weighted by molar-refractivity contribution is -0.384. The van der Waals surface area contributed by atoms with E-state index < -0.39 is 10.9 Å². The van der Waals surface area contributed by atoms with Crippen LogP contribution in [-0.4, -0.2) is 33.5 Å². The Morgan fingerprint density at radius 3 is 2.70 bits per heavy atom. The maximum absolute atomic E-state index is 11.2. The summed E-state index contributed by atoms with van der Waals surface area (Å²) < 4.78 is 0.125. The van der Waals surface area contributed by atoms with Crippen molar-refractivity contribution in [2.24, 2.45) is 0 Å². The number of nitrogens with one attached hydrogen (secondary N) is 1. The van der Waals surface area contributed by atoms with Crippen molar-refractivity contribution in [2.45, 2.75) is 24.0 Å². The van der Waals surface area contributed by atoms with Crippen LogP contribution in [0.3, 0.4) is 0 Å². The average molecular weight is 296 g/mol. The van der Waals surface area contributed by atoms with Gasteiger partial charge in [-0.1, -0.05) is 6.42 Å². The number of anilines is 1. The Kier molecular flexibility index (Phi) is 4.17. The largest absolute Gasteiger partial charge is 0.478 e. The molecule has 1 aliphatic rings. The second kappa shape index (κ2) is 5.70. The molecule has 0 radical (unpaired) electrons. The van der Waals surface area contributed by atoms with Gasteiger partial charge in [-0.25, -0.2) is 4.79 Å². The van der Waals surface area contributed by atoms with Crippen LogP contribution in [0.15, 0.2) is 18.2 Å². The highest BCUT2D eigenvalue weighted by atomic mass is 32.2. The van der Waals surface area contributed by atoms with Gasteiger partial charge in [0.05, 0.1) is 16.2 Å². The van der Waals surface area contributed by atoms with E-state index in [-0.39, 0.29) is 16.0 Å². The molecule has 1 aromatic rings. The fourth-order valence-corrected chi connectivity index (χ4v) is 3.17. The second-order valence-corrected chi connectivity index (χ2v) is 6.16. The summed E-state index contributed by atoms with van der Waals surface area (Å²) in [7, 11) is 0. The van der Waals surface area contributed by atoms with Crippen LogP contribution in [0, 0.1) is 10.1 Å². The molecule has 6 nitrogen and oxygen atoms in total. The number of hydrogen-bond donors (Lipinski definition) is 2. The number of nitrogens with zero attached hydrogens (tertiary/aromatic N) is 1. The second-order valence-electron chi connectivity index (χ2n) is 4.89. The van der Waals surface area contributed by atoms with Gasteiger partial charge in [0.25, 0.3) is 5.69 Å². The van der Waals surface area contributed by atoms with Crippen LogP contribution in [0.2, 0.25) is 0 Å². The number of non-ortho nitro benzene ring substituents is 1. The molecule has 2 N–H and O–H groups in total. The average Bonchev–Trinajstić information content (AvgIpc) is 2.37. The number of carboxylic acids is 1. The molecule has 0 heterocycles. The van der Waals surface area contributed by atoms with E-state index in [1.807, 2.05) is 6.26 Å². The number of benzene rings is 1. The molecule has 1 fully saturated rings. The van der Waals surface area contributed by atoms with Gasteiger partial charge in [-0.05, 0) is 25.2 Å². The summed E-state index contributed by atoms with van der Waals surface area (Å²) in [6, 6.07) is 3.77. The van der Waals surface area contributed by atoms with Crippen LogP contribution in [0.4, 0.5) is 11.4 Å². The number of nitro benzene ring substituents is 1. The Labute approximate surface area is 120 Å². The van der Waals surface area contributed by atoms with Crippen LogP contribution in [0.25, 0.3) is 0 Å². The van der Waals surface area contributed by atoms with E-state index in [0.29, 0.717) is 12.2 Å². The van der Waals surface area contributed by atoms with Gasteiger partial charge in [0.1, 0.15) is 0 Å². The lowest BCUT2D eigenvalue weighted by Crippen LogP contribution is -2.40. The first-order valence-corrected chi connectivity index (χ1v) is 7.51. The molecule has 0 aromatic heterocycles.